The zero-order valence-corrected chi connectivity index (χ0v) is 16.0. The van der Waals surface area contributed by atoms with Crippen molar-refractivity contribution in [2.45, 2.75) is 77.0 Å². The van der Waals surface area contributed by atoms with Gasteiger partial charge in [-0.2, -0.15) is 0 Å². The zero-order chi connectivity index (χ0) is 17.5. The average Bonchev–Trinajstić information content (AvgIpc) is 2.54. The smallest absolute Gasteiger partial charge is 0.258 e. The average molecular weight is 338 g/mol. The molecule has 0 heterocycles. The summed E-state index contributed by atoms with van der Waals surface area (Å²) in [5.41, 5.74) is 1.29. The second-order valence-corrected chi connectivity index (χ2v) is 7.97. The molecule has 0 spiro atoms. The van der Waals surface area contributed by atoms with Crippen LogP contribution in [-0.2, 0) is 5.41 Å². The highest BCUT2D eigenvalue weighted by molar-refractivity contribution is 7.99. The van der Waals surface area contributed by atoms with E-state index in [2.05, 4.69) is 40.7 Å². The van der Waals surface area contributed by atoms with Gasteiger partial charge in [0.25, 0.3) is 5.69 Å². The summed E-state index contributed by atoms with van der Waals surface area (Å²) in [6, 6.07) is 5.78. The first kappa shape index (κ1) is 20.0. The van der Waals surface area contributed by atoms with Gasteiger partial charge in [0.1, 0.15) is 0 Å². The van der Waals surface area contributed by atoms with Gasteiger partial charge in [0, 0.05) is 11.8 Å². The maximum Gasteiger partial charge on any atom is 0.283 e. The summed E-state index contributed by atoms with van der Waals surface area (Å²) in [4.78, 5) is 12.0. The summed E-state index contributed by atoms with van der Waals surface area (Å²) >= 11 is 1.64. The Labute approximate surface area is 145 Å². The number of hydrogen-bond donors (Lipinski definition) is 0. The van der Waals surface area contributed by atoms with Crippen molar-refractivity contribution in [1.82, 2.24) is 0 Å². The van der Waals surface area contributed by atoms with Crippen LogP contribution in [-0.4, -0.2) is 10.7 Å². The van der Waals surface area contributed by atoms with Crippen LogP contribution in [0.4, 0.5) is 5.69 Å². The monoisotopic (exact) mass is 337 g/mol. The number of hydrogen-bond acceptors (Lipinski definition) is 3. The Morgan fingerprint density at radius 2 is 1.96 bits per heavy atom. The van der Waals surface area contributed by atoms with E-state index in [1.54, 1.807) is 17.8 Å². The molecule has 1 aromatic rings. The van der Waals surface area contributed by atoms with E-state index in [1.165, 1.54) is 19.3 Å². The maximum atomic E-state index is 11.5. The van der Waals surface area contributed by atoms with E-state index >= 15 is 0 Å². The largest absolute Gasteiger partial charge is 0.283 e. The fourth-order valence-electron chi connectivity index (χ4n) is 2.51. The highest BCUT2D eigenvalue weighted by Gasteiger charge is 2.23. The summed E-state index contributed by atoms with van der Waals surface area (Å²) in [6.45, 7) is 10.8. The maximum absolute atomic E-state index is 11.5. The van der Waals surface area contributed by atoms with Crippen molar-refractivity contribution >= 4 is 17.4 Å². The van der Waals surface area contributed by atoms with E-state index in [0.29, 0.717) is 5.92 Å². The molecule has 0 aliphatic heterocycles. The summed E-state index contributed by atoms with van der Waals surface area (Å²) in [5, 5.41) is 11.5. The van der Waals surface area contributed by atoms with E-state index in [0.717, 1.165) is 29.1 Å². The predicted molar refractivity (Wildman–Crippen MR) is 100 cm³/mol. The molecular formula is C19H31NO2S. The molecule has 1 rings (SSSR count). The molecule has 130 valence electrons. The summed E-state index contributed by atoms with van der Waals surface area (Å²) in [6.07, 6.45) is 5.77. The fraction of sp³-hybridized carbons (Fsp3) is 0.684. The van der Waals surface area contributed by atoms with Gasteiger partial charge in [-0.25, -0.2) is 0 Å². The Balaban J connectivity index is 2.92. The molecule has 1 unspecified atom stereocenters. The molecule has 23 heavy (non-hydrogen) atoms. The van der Waals surface area contributed by atoms with Crippen molar-refractivity contribution in [1.29, 1.82) is 0 Å². The number of rotatable bonds is 10. The Morgan fingerprint density at radius 3 is 2.48 bits per heavy atom. The number of benzene rings is 1. The van der Waals surface area contributed by atoms with Crippen molar-refractivity contribution < 1.29 is 4.92 Å². The van der Waals surface area contributed by atoms with Gasteiger partial charge in [-0.3, -0.25) is 10.1 Å². The first-order chi connectivity index (χ1) is 10.9. The zero-order valence-electron chi connectivity index (χ0n) is 15.2. The van der Waals surface area contributed by atoms with Crippen LogP contribution in [0.5, 0.6) is 0 Å². The molecular weight excluding hydrogens is 306 g/mol. The molecule has 0 saturated carbocycles. The van der Waals surface area contributed by atoms with Crippen LogP contribution >= 0.6 is 11.8 Å². The first-order valence-corrected chi connectivity index (χ1v) is 9.75. The van der Waals surface area contributed by atoms with Gasteiger partial charge < -0.3 is 0 Å². The standard InChI is InChI=1S/C19H31NO2S/c1-6-9-10-15(7-2)14-23-18-12-11-16(19(4,5)8-3)13-17(18)20(21)22/h11-13,15H,6-10,14H2,1-5H3. The third-order valence-electron chi connectivity index (χ3n) is 4.84. The van der Waals surface area contributed by atoms with E-state index in [1.807, 2.05) is 6.07 Å². The van der Waals surface area contributed by atoms with Crippen LogP contribution in [0.3, 0.4) is 0 Å². The lowest BCUT2D eigenvalue weighted by atomic mass is 9.82. The van der Waals surface area contributed by atoms with Crippen LogP contribution in [0, 0.1) is 16.0 Å². The van der Waals surface area contributed by atoms with Crippen molar-refractivity contribution in [3.05, 3.63) is 33.9 Å². The van der Waals surface area contributed by atoms with Gasteiger partial charge in [-0.15, -0.1) is 11.8 Å². The molecule has 0 radical (unpaired) electrons. The van der Waals surface area contributed by atoms with Crippen LogP contribution < -0.4 is 0 Å². The molecule has 0 fully saturated rings. The Kier molecular flexibility index (Phi) is 8.10. The predicted octanol–water partition coefficient (Wildman–Crippen LogP) is 6.59. The van der Waals surface area contributed by atoms with Gasteiger partial charge in [-0.05, 0) is 35.8 Å². The Bertz CT molecular complexity index is 514. The third-order valence-corrected chi connectivity index (χ3v) is 6.13. The van der Waals surface area contributed by atoms with Crippen LogP contribution in [0.2, 0.25) is 0 Å². The van der Waals surface area contributed by atoms with Gasteiger partial charge in [0.2, 0.25) is 0 Å². The lowest BCUT2D eigenvalue weighted by molar-refractivity contribution is -0.387. The number of nitro groups is 1. The second kappa shape index (κ2) is 9.31. The number of unbranched alkanes of at least 4 members (excludes halogenated alkanes) is 1. The highest BCUT2D eigenvalue weighted by atomic mass is 32.2. The van der Waals surface area contributed by atoms with E-state index in [9.17, 15) is 10.1 Å². The minimum absolute atomic E-state index is 0.0267. The normalized spacial score (nSPS) is 13.1. The molecule has 0 bridgehead atoms. The number of nitro benzene ring substituents is 1. The molecule has 4 heteroatoms. The molecule has 0 aliphatic rings. The molecule has 3 nitrogen and oxygen atoms in total. The second-order valence-electron chi connectivity index (χ2n) is 6.90. The molecule has 1 aromatic carbocycles. The topological polar surface area (TPSA) is 43.1 Å². The first-order valence-electron chi connectivity index (χ1n) is 8.77. The lowest BCUT2D eigenvalue weighted by Crippen LogP contribution is -2.15. The quantitative estimate of drug-likeness (QED) is 0.275. The minimum Gasteiger partial charge on any atom is -0.258 e. The SMILES string of the molecule is CCCCC(CC)CSc1ccc(C(C)(C)CC)cc1[N+](=O)[O-]. The summed E-state index contributed by atoms with van der Waals surface area (Å²) in [5.74, 6) is 1.61. The van der Waals surface area contributed by atoms with E-state index in [-0.39, 0.29) is 16.0 Å². The van der Waals surface area contributed by atoms with Crippen molar-refractivity contribution in [2.75, 3.05) is 5.75 Å². The van der Waals surface area contributed by atoms with Gasteiger partial charge in [0.05, 0.1) is 9.82 Å². The third kappa shape index (κ3) is 5.83. The fourth-order valence-corrected chi connectivity index (χ4v) is 3.78. The van der Waals surface area contributed by atoms with Crippen LogP contribution in [0.1, 0.15) is 72.3 Å². The number of nitrogens with zero attached hydrogens (tertiary/aromatic N) is 1. The van der Waals surface area contributed by atoms with Crippen molar-refractivity contribution in [2.24, 2.45) is 5.92 Å². The van der Waals surface area contributed by atoms with Gasteiger partial charge >= 0.3 is 0 Å². The summed E-state index contributed by atoms with van der Waals surface area (Å²) < 4.78 is 0. The molecule has 0 N–H and O–H groups in total. The van der Waals surface area contributed by atoms with Crippen LogP contribution in [0.15, 0.2) is 23.1 Å². The lowest BCUT2D eigenvalue weighted by Gasteiger charge is -2.23. The van der Waals surface area contributed by atoms with Crippen molar-refractivity contribution in [3.8, 4) is 0 Å². The highest BCUT2D eigenvalue weighted by Crippen LogP contribution is 2.36. The van der Waals surface area contributed by atoms with E-state index in [4.69, 9.17) is 0 Å². The molecule has 0 aliphatic carbocycles. The molecule has 0 saturated heterocycles. The Morgan fingerprint density at radius 1 is 1.26 bits per heavy atom. The Hall–Kier alpha value is -1.03. The minimum atomic E-state index is -0.232. The molecule has 0 amide bonds. The van der Waals surface area contributed by atoms with Gasteiger partial charge in [-0.1, -0.05) is 59.9 Å². The van der Waals surface area contributed by atoms with Crippen LogP contribution in [0.25, 0.3) is 0 Å². The van der Waals surface area contributed by atoms with Crippen molar-refractivity contribution in [3.63, 3.8) is 0 Å². The molecule has 0 aromatic heterocycles. The van der Waals surface area contributed by atoms with E-state index < -0.39 is 0 Å². The number of thioether (sulfide) groups is 1. The van der Waals surface area contributed by atoms with Gasteiger partial charge in [0.15, 0.2) is 0 Å². The molecule has 1 atom stereocenters. The summed E-state index contributed by atoms with van der Waals surface area (Å²) in [7, 11) is 0.